The maximum Gasteiger partial charge on any atom is 0.509 e. The van der Waals surface area contributed by atoms with Gasteiger partial charge in [-0.15, -0.1) is 0 Å². The summed E-state index contributed by atoms with van der Waals surface area (Å²) in [6.45, 7) is 5.99. The Kier molecular flexibility index (Phi) is 2.37. The minimum Gasteiger partial charge on any atom is -0.427 e. The van der Waals surface area contributed by atoms with E-state index in [2.05, 4.69) is 13.8 Å². The molecule has 0 aliphatic carbocycles. The van der Waals surface area contributed by atoms with Crippen molar-refractivity contribution >= 4 is 6.16 Å². The van der Waals surface area contributed by atoms with E-state index in [1.807, 2.05) is 6.92 Å². The van der Waals surface area contributed by atoms with Gasteiger partial charge in [0.05, 0.1) is 0 Å². The Morgan fingerprint density at radius 1 is 1.55 bits per heavy atom. The molecule has 0 aromatic heterocycles. The molecule has 0 aromatic rings. The van der Waals surface area contributed by atoms with E-state index in [1.165, 1.54) is 0 Å². The monoisotopic (exact) mass is 158 g/mol. The second kappa shape index (κ2) is 3.11. The van der Waals surface area contributed by atoms with Gasteiger partial charge in [0.1, 0.15) is 12.2 Å². The number of rotatable bonds is 2. The molecule has 3 atom stereocenters. The third-order valence-corrected chi connectivity index (χ3v) is 2.18. The first-order valence-corrected chi connectivity index (χ1v) is 4.02. The molecule has 3 heteroatoms. The van der Waals surface area contributed by atoms with Crippen LogP contribution in [0.2, 0.25) is 0 Å². The molecule has 1 fully saturated rings. The Morgan fingerprint density at radius 3 is 2.55 bits per heavy atom. The fraction of sp³-hybridized carbons (Fsp3) is 0.875. The van der Waals surface area contributed by atoms with E-state index < -0.39 is 6.16 Å². The number of carbonyl (C=O) groups excluding carboxylic acids is 1. The van der Waals surface area contributed by atoms with Crippen LogP contribution in [0, 0.1) is 5.92 Å². The smallest absolute Gasteiger partial charge is 0.427 e. The average molecular weight is 158 g/mol. The summed E-state index contributed by atoms with van der Waals surface area (Å²) in [7, 11) is 0. The predicted octanol–water partition coefficient (Wildman–Crippen LogP) is 1.96. The van der Waals surface area contributed by atoms with Gasteiger partial charge in [0.25, 0.3) is 0 Å². The third-order valence-electron chi connectivity index (χ3n) is 2.18. The molecule has 1 rings (SSSR count). The Labute approximate surface area is 66.7 Å². The Balaban J connectivity index is 2.52. The number of hydrogen-bond donors (Lipinski definition) is 0. The molecule has 11 heavy (non-hydrogen) atoms. The average Bonchev–Trinajstić information content (AvgIpc) is 2.28. The van der Waals surface area contributed by atoms with Crippen LogP contribution in [0.4, 0.5) is 4.79 Å². The Morgan fingerprint density at radius 2 is 2.18 bits per heavy atom. The molecule has 0 aromatic carbocycles. The fourth-order valence-corrected chi connectivity index (χ4v) is 1.26. The van der Waals surface area contributed by atoms with Gasteiger partial charge >= 0.3 is 6.16 Å². The van der Waals surface area contributed by atoms with Crippen molar-refractivity contribution in [2.45, 2.75) is 39.4 Å². The first-order valence-electron chi connectivity index (χ1n) is 4.02. The van der Waals surface area contributed by atoms with Gasteiger partial charge in [0.2, 0.25) is 0 Å². The summed E-state index contributed by atoms with van der Waals surface area (Å²) in [6.07, 6.45) is 0.346. The van der Waals surface area contributed by atoms with Gasteiger partial charge in [-0.2, -0.15) is 0 Å². The summed E-state index contributed by atoms with van der Waals surface area (Å²) in [5.41, 5.74) is 0. The molecule has 1 heterocycles. The summed E-state index contributed by atoms with van der Waals surface area (Å²) in [6, 6.07) is 0. The predicted molar refractivity (Wildman–Crippen MR) is 40.3 cm³/mol. The maximum atomic E-state index is 10.6. The normalized spacial score (nSPS) is 32.8. The lowest BCUT2D eigenvalue weighted by Gasteiger charge is -2.16. The van der Waals surface area contributed by atoms with Crippen LogP contribution in [0.25, 0.3) is 0 Å². The molecule has 1 aliphatic rings. The van der Waals surface area contributed by atoms with Gasteiger partial charge in [-0.3, -0.25) is 0 Å². The van der Waals surface area contributed by atoms with Crippen molar-refractivity contribution in [3.05, 3.63) is 0 Å². The maximum absolute atomic E-state index is 10.6. The van der Waals surface area contributed by atoms with Crippen LogP contribution < -0.4 is 0 Å². The lowest BCUT2D eigenvalue weighted by Crippen LogP contribution is -2.26. The van der Waals surface area contributed by atoms with E-state index in [0.29, 0.717) is 5.92 Å². The van der Waals surface area contributed by atoms with E-state index in [1.54, 1.807) is 0 Å². The van der Waals surface area contributed by atoms with E-state index in [-0.39, 0.29) is 12.2 Å². The van der Waals surface area contributed by atoms with Crippen molar-refractivity contribution in [3.8, 4) is 0 Å². The molecule has 1 saturated heterocycles. The molecule has 3 unspecified atom stereocenters. The Bertz CT molecular complexity index is 155. The Hall–Kier alpha value is -0.730. The summed E-state index contributed by atoms with van der Waals surface area (Å²) in [4.78, 5) is 10.6. The van der Waals surface area contributed by atoms with Gasteiger partial charge in [0, 0.05) is 0 Å². The number of carbonyl (C=O) groups is 1. The molecule has 0 spiro atoms. The van der Waals surface area contributed by atoms with Crippen LogP contribution in [-0.2, 0) is 9.47 Å². The quantitative estimate of drug-likeness (QED) is 0.576. The zero-order valence-electron chi connectivity index (χ0n) is 7.16. The highest BCUT2D eigenvalue weighted by molar-refractivity contribution is 5.62. The summed E-state index contributed by atoms with van der Waals surface area (Å²) in [5, 5.41) is 0. The van der Waals surface area contributed by atoms with E-state index >= 15 is 0 Å². The van der Waals surface area contributed by atoms with E-state index in [4.69, 9.17) is 9.47 Å². The number of cyclic esters (lactones) is 2. The van der Waals surface area contributed by atoms with Crippen molar-refractivity contribution in [1.29, 1.82) is 0 Å². The third kappa shape index (κ3) is 1.64. The highest BCUT2D eigenvalue weighted by atomic mass is 16.8. The molecule has 3 nitrogen and oxygen atoms in total. The van der Waals surface area contributed by atoms with Gasteiger partial charge < -0.3 is 9.47 Å². The van der Waals surface area contributed by atoms with Crippen LogP contribution in [0.1, 0.15) is 27.2 Å². The molecule has 0 radical (unpaired) electrons. The van der Waals surface area contributed by atoms with E-state index in [0.717, 1.165) is 6.42 Å². The lowest BCUT2D eigenvalue weighted by atomic mass is 9.98. The summed E-state index contributed by atoms with van der Waals surface area (Å²) < 4.78 is 9.80. The summed E-state index contributed by atoms with van der Waals surface area (Å²) in [5.74, 6) is 0.386. The summed E-state index contributed by atoms with van der Waals surface area (Å²) >= 11 is 0. The minimum atomic E-state index is -0.525. The fourth-order valence-electron chi connectivity index (χ4n) is 1.26. The zero-order chi connectivity index (χ0) is 8.43. The molecule has 1 aliphatic heterocycles. The minimum absolute atomic E-state index is 0.0486. The van der Waals surface area contributed by atoms with Crippen molar-refractivity contribution in [2.75, 3.05) is 0 Å². The van der Waals surface area contributed by atoms with Crippen molar-refractivity contribution in [2.24, 2.45) is 5.92 Å². The van der Waals surface area contributed by atoms with Crippen LogP contribution in [0.3, 0.4) is 0 Å². The topological polar surface area (TPSA) is 35.5 Å². The molecule has 0 N–H and O–H groups in total. The van der Waals surface area contributed by atoms with Crippen LogP contribution in [0.5, 0.6) is 0 Å². The molecule has 0 amide bonds. The van der Waals surface area contributed by atoms with Crippen molar-refractivity contribution in [1.82, 2.24) is 0 Å². The van der Waals surface area contributed by atoms with Gasteiger partial charge in [0.15, 0.2) is 0 Å². The highest BCUT2D eigenvalue weighted by Crippen LogP contribution is 2.23. The van der Waals surface area contributed by atoms with Crippen LogP contribution >= 0.6 is 0 Å². The van der Waals surface area contributed by atoms with Crippen molar-refractivity contribution < 1.29 is 14.3 Å². The second-order valence-electron chi connectivity index (χ2n) is 3.04. The van der Waals surface area contributed by atoms with Gasteiger partial charge in [-0.05, 0) is 19.3 Å². The first-order chi connectivity index (χ1) is 5.15. The second-order valence-corrected chi connectivity index (χ2v) is 3.04. The lowest BCUT2D eigenvalue weighted by molar-refractivity contribution is 0.0973. The van der Waals surface area contributed by atoms with Crippen molar-refractivity contribution in [3.63, 3.8) is 0 Å². The number of ether oxygens (including phenoxy) is 2. The SMILES string of the molecule is CCC(C)C1OC(=O)OC1C. The zero-order valence-corrected chi connectivity index (χ0v) is 7.16. The largest absolute Gasteiger partial charge is 0.509 e. The highest BCUT2D eigenvalue weighted by Gasteiger charge is 2.36. The number of hydrogen-bond acceptors (Lipinski definition) is 3. The molecule has 64 valence electrons. The molecule has 0 bridgehead atoms. The van der Waals surface area contributed by atoms with Crippen LogP contribution in [-0.4, -0.2) is 18.4 Å². The standard InChI is InChI=1S/C8H14O3/c1-4-5(2)7-6(3)10-8(9)11-7/h5-7H,4H2,1-3H3. The molecular formula is C8H14O3. The molecular weight excluding hydrogens is 144 g/mol. The molecule has 0 saturated carbocycles. The van der Waals surface area contributed by atoms with Crippen LogP contribution in [0.15, 0.2) is 0 Å². The van der Waals surface area contributed by atoms with Gasteiger partial charge in [-0.1, -0.05) is 13.8 Å². The van der Waals surface area contributed by atoms with E-state index in [9.17, 15) is 4.79 Å². The van der Waals surface area contributed by atoms with Gasteiger partial charge in [-0.25, -0.2) is 4.79 Å². The first kappa shape index (κ1) is 8.37.